The minimum absolute atomic E-state index is 0.0626. The summed E-state index contributed by atoms with van der Waals surface area (Å²) < 4.78 is 6.78. The summed E-state index contributed by atoms with van der Waals surface area (Å²) in [5, 5.41) is 9.90. The van der Waals surface area contributed by atoms with Crippen molar-refractivity contribution in [2.24, 2.45) is 11.8 Å². The molecule has 0 aromatic rings. The molecule has 1 N–H and O–H groups in total. The van der Waals surface area contributed by atoms with E-state index in [1.807, 2.05) is 45.1 Å². The van der Waals surface area contributed by atoms with E-state index in [0.717, 1.165) is 0 Å². The van der Waals surface area contributed by atoms with Crippen LogP contribution in [0.1, 0.15) is 34.1 Å². The third-order valence-electron chi connectivity index (χ3n) is 7.47. The van der Waals surface area contributed by atoms with E-state index in [9.17, 15) is 19.5 Å². The number of aliphatic hydroxyl groups is 1. The van der Waals surface area contributed by atoms with E-state index < -0.39 is 35.1 Å². The highest BCUT2D eigenvalue weighted by molar-refractivity contribution is 6.00. The van der Waals surface area contributed by atoms with Gasteiger partial charge in [0.2, 0.25) is 17.7 Å². The van der Waals surface area contributed by atoms with Gasteiger partial charge in [0, 0.05) is 26.2 Å². The van der Waals surface area contributed by atoms with Gasteiger partial charge in [0.1, 0.15) is 11.6 Å². The van der Waals surface area contributed by atoms with E-state index in [1.165, 1.54) is 4.90 Å². The molecule has 4 aliphatic heterocycles. The van der Waals surface area contributed by atoms with Crippen LogP contribution >= 0.6 is 0 Å². The van der Waals surface area contributed by atoms with Gasteiger partial charge in [0.05, 0.1) is 30.1 Å². The normalized spacial score (nSPS) is 38.4. The van der Waals surface area contributed by atoms with Crippen molar-refractivity contribution in [3.63, 3.8) is 0 Å². The molecule has 0 bridgehead atoms. The van der Waals surface area contributed by atoms with E-state index in [2.05, 4.69) is 0 Å². The van der Waals surface area contributed by atoms with Crippen molar-refractivity contribution in [3.05, 3.63) is 24.3 Å². The number of ether oxygens (including phenoxy) is 1. The Morgan fingerprint density at radius 3 is 2.35 bits per heavy atom. The standard InChI is InChI=1S/C23H33N3O5/c1-6-22-9-7-11-24(5)19(28)16(22)17-20(29)26(15(4)13-27)18-21(30)25(14(2)3)12-8-10-23(17,18)31-22/h7-10,14-18,27H,6,11-13H2,1-5H3/t15-,16+,17+,18?,22-,23+/m1/s1. The zero-order valence-electron chi connectivity index (χ0n) is 18.9. The van der Waals surface area contributed by atoms with Crippen LogP contribution in [0.25, 0.3) is 0 Å². The van der Waals surface area contributed by atoms with Crippen molar-refractivity contribution < 1.29 is 24.2 Å². The summed E-state index contributed by atoms with van der Waals surface area (Å²) in [6.45, 7) is 8.13. The molecule has 8 nitrogen and oxygen atoms in total. The number of likely N-dealkylation sites (tertiary alicyclic amines) is 1. The predicted octanol–water partition coefficient (Wildman–Crippen LogP) is 0.563. The molecule has 0 aromatic heterocycles. The van der Waals surface area contributed by atoms with Gasteiger partial charge in [-0.15, -0.1) is 0 Å². The fraction of sp³-hybridized carbons (Fsp3) is 0.696. The van der Waals surface area contributed by atoms with Gasteiger partial charge in [0.25, 0.3) is 0 Å². The number of hydrogen-bond acceptors (Lipinski definition) is 5. The lowest BCUT2D eigenvalue weighted by Crippen LogP contribution is -2.59. The lowest BCUT2D eigenvalue weighted by molar-refractivity contribution is -0.157. The minimum atomic E-state index is -1.25. The van der Waals surface area contributed by atoms with E-state index in [-0.39, 0.29) is 30.4 Å². The number of amides is 3. The lowest BCUT2D eigenvalue weighted by atomic mass is 9.73. The summed E-state index contributed by atoms with van der Waals surface area (Å²) in [7, 11) is 1.73. The Hall–Kier alpha value is -2.19. The first kappa shape index (κ1) is 22.0. The first-order chi connectivity index (χ1) is 14.6. The third kappa shape index (κ3) is 2.84. The summed E-state index contributed by atoms with van der Waals surface area (Å²) in [6.07, 6.45) is 8.07. The zero-order chi connectivity index (χ0) is 22.7. The first-order valence-electron chi connectivity index (χ1n) is 11.2. The fourth-order valence-electron chi connectivity index (χ4n) is 5.87. The van der Waals surface area contributed by atoms with Crippen LogP contribution in [0.4, 0.5) is 0 Å². The highest BCUT2D eigenvalue weighted by Gasteiger charge is 2.75. The summed E-state index contributed by atoms with van der Waals surface area (Å²) in [4.78, 5) is 46.0. The van der Waals surface area contributed by atoms with Gasteiger partial charge < -0.3 is 24.5 Å². The maximum Gasteiger partial charge on any atom is 0.249 e. The van der Waals surface area contributed by atoms with Gasteiger partial charge in [-0.25, -0.2) is 0 Å². The van der Waals surface area contributed by atoms with E-state index in [0.29, 0.717) is 19.5 Å². The second-order valence-electron chi connectivity index (χ2n) is 9.51. The number of hydrogen-bond donors (Lipinski definition) is 1. The summed E-state index contributed by atoms with van der Waals surface area (Å²) in [5.41, 5.74) is -2.20. The molecule has 0 saturated carbocycles. The van der Waals surface area contributed by atoms with Crippen LogP contribution in [0.2, 0.25) is 0 Å². The molecular formula is C23H33N3O5. The number of carbonyl (C=O) groups excluding carboxylic acids is 3. The molecule has 1 spiro atoms. The monoisotopic (exact) mass is 431 g/mol. The van der Waals surface area contributed by atoms with Crippen LogP contribution in [0.15, 0.2) is 24.3 Å². The number of fused-ring (bicyclic) bond motifs is 2. The number of aliphatic hydroxyl groups excluding tert-OH is 1. The topological polar surface area (TPSA) is 90.4 Å². The Morgan fingerprint density at radius 2 is 1.74 bits per heavy atom. The molecule has 4 heterocycles. The average molecular weight is 432 g/mol. The van der Waals surface area contributed by atoms with Gasteiger partial charge in [-0.2, -0.15) is 0 Å². The second kappa shape index (κ2) is 7.45. The van der Waals surface area contributed by atoms with Crippen molar-refractivity contribution in [2.45, 2.75) is 63.4 Å². The number of carbonyl (C=O) groups is 3. The fourth-order valence-corrected chi connectivity index (χ4v) is 5.87. The Labute approximate surface area is 183 Å². The Bertz CT molecular complexity index is 854. The quantitative estimate of drug-likeness (QED) is 0.657. The molecule has 6 atom stereocenters. The molecule has 31 heavy (non-hydrogen) atoms. The molecule has 2 fully saturated rings. The zero-order valence-corrected chi connectivity index (χ0v) is 18.9. The summed E-state index contributed by atoms with van der Waals surface area (Å²) in [6, 6.07) is -1.55. The van der Waals surface area contributed by atoms with Crippen LogP contribution < -0.4 is 0 Å². The smallest absolute Gasteiger partial charge is 0.249 e. The van der Waals surface area contributed by atoms with Gasteiger partial charge in [-0.05, 0) is 27.2 Å². The molecule has 2 saturated heterocycles. The molecule has 8 heteroatoms. The lowest BCUT2D eigenvalue weighted by Gasteiger charge is -2.40. The van der Waals surface area contributed by atoms with Crippen LogP contribution in [0.5, 0.6) is 0 Å². The molecule has 0 aliphatic carbocycles. The van der Waals surface area contributed by atoms with Crippen molar-refractivity contribution >= 4 is 17.7 Å². The van der Waals surface area contributed by atoms with E-state index >= 15 is 0 Å². The maximum absolute atomic E-state index is 13.9. The maximum atomic E-state index is 13.9. The minimum Gasteiger partial charge on any atom is -0.394 e. The molecule has 0 radical (unpaired) electrons. The highest BCUT2D eigenvalue weighted by atomic mass is 16.5. The molecule has 0 aromatic carbocycles. The molecule has 4 aliphatic rings. The Morgan fingerprint density at radius 1 is 1.06 bits per heavy atom. The average Bonchev–Trinajstić information content (AvgIpc) is 3.04. The number of nitrogens with zero attached hydrogens (tertiary/aromatic N) is 3. The largest absolute Gasteiger partial charge is 0.394 e. The van der Waals surface area contributed by atoms with Gasteiger partial charge >= 0.3 is 0 Å². The van der Waals surface area contributed by atoms with E-state index in [1.54, 1.807) is 23.8 Å². The van der Waals surface area contributed by atoms with Gasteiger partial charge in [-0.1, -0.05) is 31.2 Å². The van der Waals surface area contributed by atoms with Gasteiger partial charge in [0.15, 0.2) is 0 Å². The first-order valence-corrected chi connectivity index (χ1v) is 11.2. The SMILES string of the molecule is CC[C@@]12C=CCN(C)C(=O)[C@@H]1[C@H]1C(=O)N([C@H](C)CO)C3C(=O)N(C(C)C)CC=C[C@@]31O2. The van der Waals surface area contributed by atoms with Crippen LogP contribution in [-0.2, 0) is 19.1 Å². The van der Waals surface area contributed by atoms with Crippen molar-refractivity contribution in [3.8, 4) is 0 Å². The third-order valence-corrected chi connectivity index (χ3v) is 7.47. The molecule has 1 unspecified atom stereocenters. The van der Waals surface area contributed by atoms with E-state index in [4.69, 9.17) is 4.74 Å². The van der Waals surface area contributed by atoms with Crippen molar-refractivity contribution in [2.75, 3.05) is 26.7 Å². The van der Waals surface area contributed by atoms with Crippen molar-refractivity contribution in [1.82, 2.24) is 14.7 Å². The molecule has 3 amide bonds. The van der Waals surface area contributed by atoms with Gasteiger partial charge in [-0.3, -0.25) is 14.4 Å². The van der Waals surface area contributed by atoms with Crippen LogP contribution in [-0.4, -0.2) is 93.6 Å². The Kier molecular flexibility index (Phi) is 5.29. The van der Waals surface area contributed by atoms with Crippen LogP contribution in [0.3, 0.4) is 0 Å². The highest BCUT2D eigenvalue weighted by Crippen LogP contribution is 2.58. The summed E-state index contributed by atoms with van der Waals surface area (Å²) in [5.74, 6) is -2.20. The molecular weight excluding hydrogens is 398 g/mol. The number of rotatable bonds is 4. The number of likely N-dealkylation sites (N-methyl/N-ethyl adjacent to an activating group) is 1. The Balaban J connectivity index is 1.94. The van der Waals surface area contributed by atoms with Crippen molar-refractivity contribution in [1.29, 1.82) is 0 Å². The second-order valence-corrected chi connectivity index (χ2v) is 9.51. The molecule has 170 valence electrons. The summed E-state index contributed by atoms with van der Waals surface area (Å²) >= 11 is 0. The molecule has 4 rings (SSSR count). The predicted molar refractivity (Wildman–Crippen MR) is 114 cm³/mol. The van der Waals surface area contributed by atoms with Crippen LogP contribution in [0, 0.1) is 11.8 Å².